The molecule has 3 nitrogen and oxygen atoms in total. The minimum absolute atomic E-state index is 0.0179. The Morgan fingerprint density at radius 3 is 2.41 bits per heavy atom. The molecule has 0 bridgehead atoms. The lowest BCUT2D eigenvalue weighted by molar-refractivity contribution is -0.125. The van der Waals surface area contributed by atoms with Gasteiger partial charge in [-0.15, -0.1) is 0 Å². The van der Waals surface area contributed by atoms with Crippen LogP contribution < -0.4 is 5.32 Å². The number of aryl methyl sites for hydroxylation is 1. The molecule has 160 valence electrons. The standard InChI is InChI=1S/C29H28N2O/c1-29(21-19-24-13-6-3-7-14-24,20-9-15-23-11-4-2-5-12-23)28(32)31-26-18-8-16-25-17-10-22-30-27(25)26/h2-18,22H,19-21H2,1H3,(H,31,32)/b15-9+. The molecule has 0 aliphatic carbocycles. The van der Waals surface area contributed by atoms with Crippen LogP contribution in [0.1, 0.15) is 30.9 Å². The van der Waals surface area contributed by atoms with Crippen molar-refractivity contribution in [1.82, 2.24) is 4.98 Å². The predicted octanol–water partition coefficient (Wildman–Crippen LogP) is 6.92. The van der Waals surface area contributed by atoms with Gasteiger partial charge in [-0.05, 0) is 42.5 Å². The monoisotopic (exact) mass is 420 g/mol. The number of amides is 1. The van der Waals surface area contributed by atoms with Gasteiger partial charge in [0, 0.05) is 11.6 Å². The van der Waals surface area contributed by atoms with Gasteiger partial charge in [-0.3, -0.25) is 9.78 Å². The van der Waals surface area contributed by atoms with Crippen LogP contribution in [-0.4, -0.2) is 10.9 Å². The van der Waals surface area contributed by atoms with E-state index in [-0.39, 0.29) is 5.91 Å². The summed E-state index contributed by atoms with van der Waals surface area (Å²) in [5.41, 5.74) is 3.39. The predicted molar refractivity (Wildman–Crippen MR) is 133 cm³/mol. The highest BCUT2D eigenvalue weighted by molar-refractivity contribution is 6.02. The third-order valence-electron chi connectivity index (χ3n) is 5.92. The Morgan fingerprint density at radius 1 is 0.906 bits per heavy atom. The van der Waals surface area contributed by atoms with Gasteiger partial charge in [0.05, 0.1) is 16.6 Å². The van der Waals surface area contributed by atoms with Gasteiger partial charge >= 0.3 is 0 Å². The van der Waals surface area contributed by atoms with Crippen molar-refractivity contribution >= 4 is 28.6 Å². The van der Waals surface area contributed by atoms with E-state index in [4.69, 9.17) is 0 Å². The molecule has 1 atom stereocenters. The van der Waals surface area contributed by atoms with Crippen molar-refractivity contribution in [3.63, 3.8) is 0 Å². The summed E-state index contributed by atoms with van der Waals surface area (Å²) in [6.45, 7) is 2.05. The number of carbonyl (C=O) groups is 1. The normalized spacial score (nSPS) is 13.2. The summed E-state index contributed by atoms with van der Waals surface area (Å²) in [6, 6.07) is 30.3. The highest BCUT2D eigenvalue weighted by atomic mass is 16.2. The Morgan fingerprint density at radius 2 is 1.62 bits per heavy atom. The molecule has 0 saturated heterocycles. The maximum Gasteiger partial charge on any atom is 0.230 e. The van der Waals surface area contributed by atoms with Gasteiger partial charge in [0.15, 0.2) is 0 Å². The molecule has 1 unspecified atom stereocenters. The van der Waals surface area contributed by atoms with E-state index in [1.54, 1.807) is 6.20 Å². The molecule has 3 aromatic carbocycles. The third kappa shape index (κ3) is 5.30. The number of anilines is 1. The van der Waals surface area contributed by atoms with E-state index in [1.807, 2.05) is 66.7 Å². The van der Waals surface area contributed by atoms with Crippen LogP contribution in [0.25, 0.3) is 17.0 Å². The summed E-state index contributed by atoms with van der Waals surface area (Å²) in [7, 11) is 0. The number of pyridine rings is 1. The SMILES string of the molecule is CC(C/C=C/c1ccccc1)(CCc1ccccc1)C(=O)Nc1cccc2cccnc12. The molecule has 1 heterocycles. The highest BCUT2D eigenvalue weighted by Crippen LogP contribution is 2.32. The molecule has 0 radical (unpaired) electrons. The number of nitrogens with zero attached hydrogens (tertiary/aromatic N) is 1. The van der Waals surface area contributed by atoms with E-state index in [0.29, 0.717) is 6.42 Å². The molecule has 0 fully saturated rings. The smallest absolute Gasteiger partial charge is 0.230 e. The molecular formula is C29H28N2O. The molecule has 0 saturated carbocycles. The van der Waals surface area contributed by atoms with Crippen molar-refractivity contribution in [1.29, 1.82) is 0 Å². The largest absolute Gasteiger partial charge is 0.324 e. The first-order valence-corrected chi connectivity index (χ1v) is 11.0. The molecule has 4 aromatic rings. The van der Waals surface area contributed by atoms with Crippen molar-refractivity contribution in [2.75, 3.05) is 5.32 Å². The number of rotatable bonds is 8. The summed E-state index contributed by atoms with van der Waals surface area (Å²) in [5, 5.41) is 4.19. The molecule has 0 aliphatic heterocycles. The van der Waals surface area contributed by atoms with Crippen molar-refractivity contribution in [2.24, 2.45) is 5.41 Å². The Kier molecular flexibility index (Phi) is 6.76. The molecule has 1 amide bonds. The first-order valence-electron chi connectivity index (χ1n) is 11.0. The van der Waals surface area contributed by atoms with Gasteiger partial charge in [0.1, 0.15) is 0 Å². The fourth-order valence-corrected chi connectivity index (χ4v) is 3.87. The summed E-state index contributed by atoms with van der Waals surface area (Å²) in [5.74, 6) is 0.0179. The molecule has 0 spiro atoms. The van der Waals surface area contributed by atoms with E-state index in [0.717, 1.165) is 35.0 Å². The molecule has 0 aliphatic rings. The third-order valence-corrected chi connectivity index (χ3v) is 5.92. The zero-order valence-corrected chi connectivity index (χ0v) is 18.4. The van der Waals surface area contributed by atoms with Gasteiger partial charge in [-0.2, -0.15) is 0 Å². The first kappa shape index (κ1) is 21.5. The van der Waals surface area contributed by atoms with Crippen LogP contribution in [0.2, 0.25) is 0 Å². The average molecular weight is 421 g/mol. The summed E-state index contributed by atoms with van der Waals surface area (Å²) < 4.78 is 0. The quantitative estimate of drug-likeness (QED) is 0.336. The molecule has 1 N–H and O–H groups in total. The fraction of sp³-hybridized carbons (Fsp3) is 0.172. The lowest BCUT2D eigenvalue weighted by Gasteiger charge is -2.27. The fourth-order valence-electron chi connectivity index (χ4n) is 3.87. The Labute approximate surface area is 189 Å². The molecule has 32 heavy (non-hydrogen) atoms. The van der Waals surface area contributed by atoms with Crippen LogP contribution in [0.4, 0.5) is 5.69 Å². The Balaban J connectivity index is 1.56. The van der Waals surface area contributed by atoms with Gasteiger partial charge in [0.2, 0.25) is 5.91 Å². The number of allylic oxidation sites excluding steroid dienone is 1. The molecule has 3 heteroatoms. The lowest BCUT2D eigenvalue weighted by Crippen LogP contribution is -2.34. The van der Waals surface area contributed by atoms with Crippen LogP contribution in [0.3, 0.4) is 0 Å². The van der Waals surface area contributed by atoms with E-state index in [2.05, 4.69) is 53.6 Å². The molecule has 1 aromatic heterocycles. The zero-order valence-electron chi connectivity index (χ0n) is 18.4. The lowest BCUT2D eigenvalue weighted by atomic mass is 9.79. The van der Waals surface area contributed by atoms with E-state index >= 15 is 0 Å². The van der Waals surface area contributed by atoms with Crippen molar-refractivity contribution in [3.05, 3.63) is 114 Å². The van der Waals surface area contributed by atoms with Crippen molar-refractivity contribution in [3.8, 4) is 0 Å². The van der Waals surface area contributed by atoms with Crippen molar-refractivity contribution < 1.29 is 4.79 Å². The number of nitrogens with one attached hydrogen (secondary N) is 1. The van der Waals surface area contributed by atoms with Gasteiger partial charge in [-0.25, -0.2) is 0 Å². The van der Waals surface area contributed by atoms with Gasteiger partial charge in [0.25, 0.3) is 0 Å². The molecular weight excluding hydrogens is 392 g/mol. The van der Waals surface area contributed by atoms with E-state index < -0.39 is 5.41 Å². The number of hydrogen-bond donors (Lipinski definition) is 1. The second-order valence-corrected chi connectivity index (χ2v) is 8.40. The zero-order chi connectivity index (χ0) is 22.2. The Bertz CT molecular complexity index is 1200. The highest BCUT2D eigenvalue weighted by Gasteiger charge is 2.32. The minimum atomic E-state index is -0.557. The summed E-state index contributed by atoms with van der Waals surface area (Å²) in [4.78, 5) is 18.1. The number of fused-ring (bicyclic) bond motifs is 1. The number of hydrogen-bond acceptors (Lipinski definition) is 2. The van der Waals surface area contributed by atoms with Crippen molar-refractivity contribution in [2.45, 2.75) is 26.2 Å². The molecule has 4 rings (SSSR count). The second kappa shape index (κ2) is 10.1. The van der Waals surface area contributed by atoms with Crippen LogP contribution in [0.5, 0.6) is 0 Å². The number of carbonyl (C=O) groups excluding carboxylic acids is 1. The number of aromatic nitrogens is 1. The summed E-state index contributed by atoms with van der Waals surface area (Å²) >= 11 is 0. The topological polar surface area (TPSA) is 42.0 Å². The van der Waals surface area contributed by atoms with Gasteiger partial charge in [-0.1, -0.05) is 97.9 Å². The average Bonchev–Trinajstić information content (AvgIpc) is 2.84. The van der Waals surface area contributed by atoms with E-state index in [1.165, 1.54) is 5.56 Å². The Hall–Kier alpha value is -3.72. The number of para-hydroxylation sites is 1. The number of benzene rings is 3. The van der Waals surface area contributed by atoms with Gasteiger partial charge < -0.3 is 5.32 Å². The van der Waals surface area contributed by atoms with E-state index in [9.17, 15) is 4.79 Å². The maximum atomic E-state index is 13.6. The van der Waals surface area contributed by atoms with Crippen LogP contribution in [0.15, 0.2) is 103 Å². The second-order valence-electron chi connectivity index (χ2n) is 8.40. The van der Waals surface area contributed by atoms with Crippen LogP contribution in [0, 0.1) is 5.41 Å². The van der Waals surface area contributed by atoms with Crippen LogP contribution >= 0.6 is 0 Å². The maximum absolute atomic E-state index is 13.6. The minimum Gasteiger partial charge on any atom is -0.324 e. The van der Waals surface area contributed by atoms with Crippen LogP contribution in [-0.2, 0) is 11.2 Å². The summed E-state index contributed by atoms with van der Waals surface area (Å²) in [6.07, 6.45) is 8.21. The first-order chi connectivity index (χ1) is 15.6.